The number of aromatic nitrogens is 2. The number of nitrogens with zero attached hydrogens (tertiary/aromatic N) is 3. The van der Waals surface area contributed by atoms with Crippen LogP contribution in [-0.4, -0.2) is 23.5 Å². The Balaban J connectivity index is 1.79. The summed E-state index contributed by atoms with van der Waals surface area (Å²) < 4.78 is 2.20. The summed E-state index contributed by atoms with van der Waals surface area (Å²) in [5, 5.41) is 0. The predicted molar refractivity (Wildman–Crippen MR) is 109 cm³/mol. The Kier molecular flexibility index (Phi) is 4.21. The minimum Gasteiger partial charge on any atom is -0.378 e. The lowest BCUT2D eigenvalue weighted by atomic mass is 10.0. The van der Waals surface area contributed by atoms with Crippen LogP contribution in [0.2, 0.25) is 0 Å². The van der Waals surface area contributed by atoms with E-state index in [2.05, 4.69) is 97.2 Å². The van der Waals surface area contributed by atoms with Crippen LogP contribution in [0.1, 0.15) is 16.8 Å². The van der Waals surface area contributed by atoms with Gasteiger partial charge in [-0.25, -0.2) is 4.98 Å². The summed E-state index contributed by atoms with van der Waals surface area (Å²) in [5.41, 5.74) is 8.20. The topological polar surface area (TPSA) is 20.5 Å². The molecule has 3 nitrogen and oxygen atoms in total. The van der Waals surface area contributed by atoms with E-state index in [-0.39, 0.29) is 0 Å². The SMILES string of the molecule is Cc1ccc(-c2nc3ccccn3c2Cc2ccc(N(C)C)cc2)cc1. The molecule has 0 spiro atoms. The van der Waals surface area contributed by atoms with Crippen molar-refractivity contribution in [3.63, 3.8) is 0 Å². The van der Waals surface area contributed by atoms with Gasteiger partial charge in [-0.05, 0) is 36.8 Å². The summed E-state index contributed by atoms with van der Waals surface area (Å²) in [7, 11) is 4.13. The number of anilines is 1. The van der Waals surface area contributed by atoms with Crippen LogP contribution in [0.3, 0.4) is 0 Å². The molecule has 0 radical (unpaired) electrons. The molecule has 2 aromatic carbocycles. The molecule has 0 N–H and O–H groups in total. The molecule has 2 heterocycles. The second-order valence-corrected chi connectivity index (χ2v) is 6.94. The number of hydrogen-bond donors (Lipinski definition) is 0. The molecule has 130 valence electrons. The minimum absolute atomic E-state index is 0.849. The standard InChI is InChI=1S/C23H23N3/c1-17-7-11-19(12-8-17)23-21(26-15-5-4-6-22(26)24-23)16-18-9-13-20(14-10-18)25(2)3/h4-15H,16H2,1-3H3. The maximum Gasteiger partial charge on any atom is 0.137 e. The van der Waals surface area contributed by atoms with E-state index in [9.17, 15) is 0 Å². The highest BCUT2D eigenvalue weighted by Gasteiger charge is 2.14. The van der Waals surface area contributed by atoms with E-state index >= 15 is 0 Å². The van der Waals surface area contributed by atoms with Crippen LogP contribution in [0.4, 0.5) is 5.69 Å². The molecule has 0 bridgehead atoms. The minimum atomic E-state index is 0.849. The molecule has 0 saturated heterocycles. The molecule has 0 atom stereocenters. The fraction of sp³-hybridized carbons (Fsp3) is 0.174. The maximum atomic E-state index is 4.91. The average molecular weight is 341 g/mol. The van der Waals surface area contributed by atoms with E-state index in [1.807, 2.05) is 6.07 Å². The van der Waals surface area contributed by atoms with E-state index in [0.29, 0.717) is 0 Å². The van der Waals surface area contributed by atoms with E-state index in [1.165, 1.54) is 28.1 Å². The van der Waals surface area contributed by atoms with Crippen molar-refractivity contribution < 1.29 is 0 Å². The summed E-state index contributed by atoms with van der Waals surface area (Å²) in [6.45, 7) is 2.11. The quantitative estimate of drug-likeness (QED) is 0.522. The lowest BCUT2D eigenvalue weighted by Crippen LogP contribution is -2.08. The van der Waals surface area contributed by atoms with Gasteiger partial charge < -0.3 is 9.30 Å². The number of aryl methyl sites for hydroxylation is 1. The highest BCUT2D eigenvalue weighted by Crippen LogP contribution is 2.27. The number of fused-ring (bicyclic) bond motifs is 1. The molecular weight excluding hydrogens is 318 g/mol. The van der Waals surface area contributed by atoms with Crippen LogP contribution in [-0.2, 0) is 6.42 Å². The monoisotopic (exact) mass is 341 g/mol. The lowest BCUT2D eigenvalue weighted by molar-refractivity contribution is 1.03. The third-order valence-corrected chi connectivity index (χ3v) is 4.78. The summed E-state index contributed by atoms with van der Waals surface area (Å²) in [5.74, 6) is 0. The molecule has 0 amide bonds. The first kappa shape index (κ1) is 16.4. The molecule has 0 aliphatic heterocycles. The fourth-order valence-corrected chi connectivity index (χ4v) is 3.26. The highest BCUT2D eigenvalue weighted by molar-refractivity contribution is 5.67. The summed E-state index contributed by atoms with van der Waals surface area (Å²) in [4.78, 5) is 7.03. The Morgan fingerprint density at radius 2 is 1.62 bits per heavy atom. The van der Waals surface area contributed by atoms with Gasteiger partial charge in [0, 0.05) is 38.0 Å². The number of hydrogen-bond acceptors (Lipinski definition) is 2. The van der Waals surface area contributed by atoms with Gasteiger partial charge in [0.15, 0.2) is 0 Å². The Morgan fingerprint density at radius 3 is 2.31 bits per heavy atom. The van der Waals surface area contributed by atoms with Crippen molar-refractivity contribution in [1.29, 1.82) is 0 Å². The van der Waals surface area contributed by atoms with Crippen molar-refractivity contribution in [1.82, 2.24) is 9.38 Å². The number of pyridine rings is 1. The summed E-state index contributed by atoms with van der Waals surface area (Å²) >= 11 is 0. The van der Waals surface area contributed by atoms with Gasteiger partial charge in [-0.15, -0.1) is 0 Å². The lowest BCUT2D eigenvalue weighted by Gasteiger charge is -2.13. The van der Waals surface area contributed by atoms with E-state index in [0.717, 1.165) is 17.8 Å². The van der Waals surface area contributed by atoms with Crippen LogP contribution < -0.4 is 4.90 Å². The third kappa shape index (κ3) is 3.08. The molecule has 0 aliphatic carbocycles. The third-order valence-electron chi connectivity index (χ3n) is 4.78. The van der Waals surface area contributed by atoms with Gasteiger partial charge in [0.2, 0.25) is 0 Å². The zero-order valence-electron chi connectivity index (χ0n) is 15.5. The molecule has 0 unspecified atom stereocenters. The van der Waals surface area contributed by atoms with Gasteiger partial charge in [0.05, 0.1) is 11.4 Å². The number of imidazole rings is 1. The van der Waals surface area contributed by atoms with Crippen molar-refractivity contribution in [3.8, 4) is 11.3 Å². The van der Waals surface area contributed by atoms with Crippen molar-refractivity contribution in [2.24, 2.45) is 0 Å². The van der Waals surface area contributed by atoms with Gasteiger partial charge in [-0.3, -0.25) is 0 Å². The molecule has 0 fully saturated rings. The van der Waals surface area contributed by atoms with Crippen LogP contribution in [0.15, 0.2) is 72.9 Å². The summed E-state index contributed by atoms with van der Waals surface area (Å²) in [6, 6.07) is 23.5. The van der Waals surface area contributed by atoms with Crippen LogP contribution >= 0.6 is 0 Å². The molecular formula is C23H23N3. The molecule has 4 rings (SSSR count). The van der Waals surface area contributed by atoms with E-state index in [1.54, 1.807) is 0 Å². The second kappa shape index (κ2) is 6.68. The molecule has 0 saturated carbocycles. The van der Waals surface area contributed by atoms with Crippen LogP contribution in [0.5, 0.6) is 0 Å². The van der Waals surface area contributed by atoms with Gasteiger partial charge in [-0.2, -0.15) is 0 Å². The normalized spacial score (nSPS) is 11.0. The first-order valence-corrected chi connectivity index (χ1v) is 8.91. The van der Waals surface area contributed by atoms with E-state index in [4.69, 9.17) is 4.98 Å². The Morgan fingerprint density at radius 1 is 0.885 bits per heavy atom. The molecule has 26 heavy (non-hydrogen) atoms. The van der Waals surface area contributed by atoms with E-state index < -0.39 is 0 Å². The zero-order chi connectivity index (χ0) is 18.1. The van der Waals surface area contributed by atoms with Crippen LogP contribution in [0, 0.1) is 6.92 Å². The van der Waals surface area contributed by atoms with Crippen molar-refractivity contribution in [3.05, 3.63) is 89.7 Å². The number of benzene rings is 2. The molecule has 2 aromatic heterocycles. The fourth-order valence-electron chi connectivity index (χ4n) is 3.26. The Hall–Kier alpha value is -3.07. The zero-order valence-corrected chi connectivity index (χ0v) is 15.5. The Bertz CT molecular complexity index is 1030. The van der Waals surface area contributed by atoms with Gasteiger partial charge in [0.25, 0.3) is 0 Å². The molecule has 0 aliphatic rings. The predicted octanol–water partition coefficient (Wildman–Crippen LogP) is 4.97. The van der Waals surface area contributed by atoms with Crippen LogP contribution in [0.25, 0.3) is 16.9 Å². The van der Waals surface area contributed by atoms with Crippen molar-refractivity contribution in [2.45, 2.75) is 13.3 Å². The second-order valence-electron chi connectivity index (χ2n) is 6.94. The van der Waals surface area contributed by atoms with Crippen molar-refractivity contribution >= 4 is 11.3 Å². The largest absolute Gasteiger partial charge is 0.378 e. The maximum absolute atomic E-state index is 4.91. The smallest absolute Gasteiger partial charge is 0.137 e. The van der Waals surface area contributed by atoms with Gasteiger partial charge in [-0.1, -0.05) is 48.0 Å². The number of rotatable bonds is 4. The first-order chi connectivity index (χ1) is 12.6. The molecule has 3 heteroatoms. The Labute approximate surface area is 154 Å². The van der Waals surface area contributed by atoms with Gasteiger partial charge in [0.1, 0.15) is 5.65 Å². The molecule has 4 aromatic rings. The summed E-state index contributed by atoms with van der Waals surface area (Å²) in [6.07, 6.45) is 2.95. The first-order valence-electron chi connectivity index (χ1n) is 8.91. The highest BCUT2D eigenvalue weighted by atomic mass is 15.1. The van der Waals surface area contributed by atoms with Crippen molar-refractivity contribution in [2.75, 3.05) is 19.0 Å². The van der Waals surface area contributed by atoms with Gasteiger partial charge >= 0.3 is 0 Å². The average Bonchev–Trinajstić information content (AvgIpc) is 3.01.